The Labute approximate surface area is 196 Å². The summed E-state index contributed by atoms with van der Waals surface area (Å²) in [6.45, 7) is 0. The normalized spacial score (nSPS) is 11.4. The van der Waals surface area contributed by atoms with E-state index in [1.54, 1.807) is 31.4 Å². The van der Waals surface area contributed by atoms with E-state index in [-0.39, 0.29) is 0 Å². The van der Waals surface area contributed by atoms with Gasteiger partial charge in [-0.25, -0.2) is 4.98 Å². The van der Waals surface area contributed by atoms with Gasteiger partial charge in [0.2, 0.25) is 0 Å². The third-order valence-electron chi connectivity index (χ3n) is 5.12. The minimum atomic E-state index is -0.993. The minimum absolute atomic E-state index is 0.340. The van der Waals surface area contributed by atoms with Gasteiger partial charge in [-0.15, -0.1) is 0 Å². The van der Waals surface area contributed by atoms with E-state index < -0.39 is 11.2 Å². The molecule has 0 spiro atoms. The first kappa shape index (κ1) is 22.1. The second-order valence-corrected chi connectivity index (χ2v) is 8.28. The number of nitrogens with zero attached hydrogens (tertiary/aromatic N) is 2. The molecule has 1 heterocycles. The summed E-state index contributed by atoms with van der Waals surface area (Å²) in [5.74, 6) is -0.285. The molecule has 0 aliphatic rings. The summed E-state index contributed by atoms with van der Waals surface area (Å²) in [7, 11) is 1.60. The molecule has 33 heavy (non-hydrogen) atoms. The smallest absolute Gasteiger partial charge is 0.321 e. The molecule has 162 valence electrons. The molecular weight excluding hydrogens is 432 g/mol. The second kappa shape index (κ2) is 10.0. The molecule has 0 unspecified atom stereocenters. The zero-order valence-corrected chi connectivity index (χ0v) is 18.6. The Morgan fingerprint density at radius 3 is 2.18 bits per heavy atom. The highest BCUT2D eigenvalue weighted by Crippen LogP contribution is 2.40. The van der Waals surface area contributed by atoms with E-state index in [9.17, 15) is 15.2 Å². The first-order valence-corrected chi connectivity index (χ1v) is 11.1. The van der Waals surface area contributed by atoms with Gasteiger partial charge in [0.25, 0.3) is 0 Å². The van der Waals surface area contributed by atoms with Gasteiger partial charge in [-0.2, -0.15) is 5.26 Å². The molecule has 1 aromatic heterocycles. The van der Waals surface area contributed by atoms with Gasteiger partial charge < -0.3 is 9.84 Å². The van der Waals surface area contributed by atoms with Crippen LogP contribution in [0.25, 0.3) is 22.4 Å². The summed E-state index contributed by atoms with van der Waals surface area (Å²) in [6.07, 6.45) is 0. The fourth-order valence-corrected chi connectivity index (χ4v) is 4.51. The quantitative estimate of drug-likeness (QED) is 0.336. The Hall–Kier alpha value is -4.08. The fourth-order valence-electron chi connectivity index (χ4n) is 3.47. The van der Waals surface area contributed by atoms with Crippen LogP contribution < -0.4 is 4.74 Å². The van der Waals surface area contributed by atoms with Crippen LogP contribution >= 0.6 is 11.8 Å². The summed E-state index contributed by atoms with van der Waals surface area (Å²) in [6, 6.07) is 30.1. The Morgan fingerprint density at radius 1 is 0.970 bits per heavy atom. The van der Waals surface area contributed by atoms with Crippen LogP contribution in [0, 0.1) is 11.3 Å². The highest BCUT2D eigenvalue weighted by Gasteiger charge is 2.25. The van der Waals surface area contributed by atoms with Crippen LogP contribution in [-0.4, -0.2) is 23.2 Å². The molecule has 1 atom stereocenters. The van der Waals surface area contributed by atoms with Gasteiger partial charge in [0.1, 0.15) is 22.1 Å². The van der Waals surface area contributed by atoms with Gasteiger partial charge in [-0.05, 0) is 29.3 Å². The molecule has 1 N–H and O–H groups in total. The molecule has 5 nitrogen and oxygen atoms in total. The molecule has 3 aromatic carbocycles. The lowest BCUT2D eigenvalue weighted by Crippen LogP contribution is -2.09. The monoisotopic (exact) mass is 452 g/mol. The maximum Gasteiger partial charge on any atom is 0.321 e. The second-order valence-electron chi connectivity index (χ2n) is 7.19. The Bertz CT molecular complexity index is 1300. The average molecular weight is 453 g/mol. The zero-order chi connectivity index (χ0) is 23.2. The van der Waals surface area contributed by atoms with Gasteiger partial charge in [-0.1, -0.05) is 84.6 Å². The number of benzene rings is 3. The van der Waals surface area contributed by atoms with E-state index in [0.717, 1.165) is 22.9 Å². The number of pyridine rings is 1. The lowest BCUT2D eigenvalue weighted by Gasteiger charge is -2.16. The van der Waals surface area contributed by atoms with Gasteiger partial charge in [-0.3, -0.25) is 4.79 Å². The Morgan fingerprint density at radius 2 is 1.61 bits per heavy atom. The lowest BCUT2D eigenvalue weighted by molar-refractivity contribution is -0.136. The number of rotatable bonds is 7. The van der Waals surface area contributed by atoms with Crippen LogP contribution in [0.2, 0.25) is 0 Å². The summed E-state index contributed by atoms with van der Waals surface area (Å²) < 4.78 is 5.26. The first-order valence-electron chi connectivity index (χ1n) is 10.2. The predicted octanol–water partition coefficient (Wildman–Crippen LogP) is 6.21. The Balaban J connectivity index is 1.89. The van der Waals surface area contributed by atoms with E-state index in [4.69, 9.17) is 9.72 Å². The maximum atomic E-state index is 12.1. The SMILES string of the molecule is COc1ccc(-c2cc(-c3ccccc3)nc(S[C@@H](C(=O)O)c3ccccc3)c2C#N)cc1. The van der Waals surface area contributed by atoms with Crippen LogP contribution in [0.3, 0.4) is 0 Å². The molecule has 6 heteroatoms. The van der Waals surface area contributed by atoms with Crippen molar-refractivity contribution in [2.75, 3.05) is 7.11 Å². The predicted molar refractivity (Wildman–Crippen MR) is 129 cm³/mol. The van der Waals surface area contributed by atoms with E-state index in [1.807, 2.05) is 66.7 Å². The van der Waals surface area contributed by atoms with E-state index >= 15 is 0 Å². The number of aliphatic carboxylic acids is 1. The number of carbonyl (C=O) groups is 1. The van der Waals surface area contributed by atoms with Crippen LogP contribution in [0.4, 0.5) is 0 Å². The van der Waals surface area contributed by atoms with E-state index in [1.165, 1.54) is 0 Å². The van der Waals surface area contributed by atoms with E-state index in [2.05, 4.69) is 6.07 Å². The number of thioether (sulfide) groups is 1. The molecule has 0 amide bonds. The van der Waals surface area contributed by atoms with Crippen molar-refractivity contribution in [3.05, 3.63) is 102 Å². The lowest BCUT2D eigenvalue weighted by atomic mass is 9.99. The van der Waals surface area contributed by atoms with Crippen molar-refractivity contribution >= 4 is 17.7 Å². The number of hydrogen-bond donors (Lipinski definition) is 1. The summed E-state index contributed by atoms with van der Waals surface area (Å²) in [5, 5.41) is 19.5. The van der Waals surface area contributed by atoms with Crippen LogP contribution in [0.15, 0.2) is 96.0 Å². The molecule has 0 saturated heterocycles. The van der Waals surface area contributed by atoms with Crippen molar-refractivity contribution in [3.63, 3.8) is 0 Å². The molecule has 4 aromatic rings. The summed E-state index contributed by atoms with van der Waals surface area (Å²) in [5.41, 5.74) is 4.03. The standard InChI is InChI=1S/C27H20N2O3S/c1-32-21-14-12-18(13-15-21)22-16-24(19-8-4-2-5-9-19)29-26(23(22)17-28)33-25(27(30)31)20-10-6-3-7-11-20/h2-16,25H,1H3,(H,30,31)/t25-/m1/s1. The molecule has 0 bridgehead atoms. The largest absolute Gasteiger partial charge is 0.497 e. The molecule has 4 rings (SSSR count). The van der Waals surface area contributed by atoms with Gasteiger partial charge in [0.15, 0.2) is 0 Å². The number of nitriles is 1. The highest BCUT2D eigenvalue weighted by atomic mass is 32.2. The summed E-state index contributed by atoms with van der Waals surface area (Å²) in [4.78, 5) is 16.9. The van der Waals surface area contributed by atoms with Crippen LogP contribution in [0.1, 0.15) is 16.4 Å². The number of carboxylic acids is 1. The average Bonchev–Trinajstić information content (AvgIpc) is 2.87. The molecule has 0 radical (unpaired) electrons. The first-order chi connectivity index (χ1) is 16.1. The topological polar surface area (TPSA) is 83.2 Å². The van der Waals surface area contributed by atoms with Crippen molar-refractivity contribution in [2.24, 2.45) is 0 Å². The van der Waals surface area contributed by atoms with Gasteiger partial charge in [0.05, 0.1) is 18.4 Å². The Kier molecular flexibility index (Phi) is 6.72. The van der Waals surface area contributed by atoms with E-state index in [0.29, 0.717) is 33.2 Å². The highest BCUT2D eigenvalue weighted by molar-refractivity contribution is 8.00. The third-order valence-corrected chi connectivity index (χ3v) is 6.35. The van der Waals surface area contributed by atoms with Crippen molar-refractivity contribution in [3.8, 4) is 34.2 Å². The maximum absolute atomic E-state index is 12.1. The number of hydrogen-bond acceptors (Lipinski definition) is 5. The van der Waals surface area contributed by atoms with Crippen molar-refractivity contribution in [2.45, 2.75) is 10.3 Å². The number of aromatic nitrogens is 1. The molecule has 0 aliphatic heterocycles. The molecular formula is C27H20N2O3S. The summed E-state index contributed by atoms with van der Waals surface area (Å²) >= 11 is 1.07. The number of ether oxygens (including phenoxy) is 1. The van der Waals surface area contributed by atoms with Crippen LogP contribution in [-0.2, 0) is 4.79 Å². The van der Waals surface area contributed by atoms with Crippen molar-refractivity contribution in [1.82, 2.24) is 4.98 Å². The van der Waals surface area contributed by atoms with Crippen LogP contribution in [0.5, 0.6) is 5.75 Å². The molecule has 0 fully saturated rings. The zero-order valence-electron chi connectivity index (χ0n) is 17.8. The molecule has 0 saturated carbocycles. The molecule has 0 aliphatic carbocycles. The van der Waals surface area contributed by atoms with Gasteiger partial charge in [0, 0.05) is 11.1 Å². The minimum Gasteiger partial charge on any atom is -0.497 e. The number of carboxylic acid groups (broad SMARTS) is 1. The van der Waals surface area contributed by atoms with Crippen molar-refractivity contribution < 1.29 is 14.6 Å². The van der Waals surface area contributed by atoms with Crippen molar-refractivity contribution in [1.29, 1.82) is 5.26 Å². The van der Waals surface area contributed by atoms with Gasteiger partial charge >= 0.3 is 5.97 Å². The fraction of sp³-hybridized carbons (Fsp3) is 0.0741. The number of methoxy groups -OCH3 is 1. The third kappa shape index (κ3) is 4.89.